The Labute approximate surface area is 163 Å². The van der Waals surface area contributed by atoms with Gasteiger partial charge in [0.25, 0.3) is 0 Å². The van der Waals surface area contributed by atoms with Gasteiger partial charge in [-0.2, -0.15) is 0 Å². The summed E-state index contributed by atoms with van der Waals surface area (Å²) < 4.78 is 5.15. The van der Waals surface area contributed by atoms with Crippen molar-refractivity contribution in [2.45, 2.75) is 27.2 Å². The normalized spacial score (nSPS) is 10.8. The van der Waals surface area contributed by atoms with E-state index in [0.717, 1.165) is 39.3 Å². The number of carbonyl (C=O) groups excluding carboxylic acids is 1. The van der Waals surface area contributed by atoms with Gasteiger partial charge in [-0.1, -0.05) is 12.1 Å². The third-order valence-corrected chi connectivity index (χ3v) is 5.55. The van der Waals surface area contributed by atoms with Gasteiger partial charge in [0, 0.05) is 11.4 Å². The maximum Gasteiger partial charge on any atom is 0.239 e. The fourth-order valence-corrected chi connectivity index (χ4v) is 3.92. The highest BCUT2D eigenvalue weighted by Crippen LogP contribution is 2.33. The molecule has 0 bridgehead atoms. The molecule has 0 spiro atoms. The molecule has 0 fully saturated rings. The molecule has 1 amide bonds. The van der Waals surface area contributed by atoms with Crippen molar-refractivity contribution >= 4 is 33.3 Å². The van der Waals surface area contributed by atoms with Crippen LogP contribution in [0, 0.1) is 20.8 Å². The fourth-order valence-electron chi connectivity index (χ4n) is 2.85. The quantitative estimate of drug-likeness (QED) is 0.653. The fraction of sp³-hybridized carbons (Fsp3) is 0.350. The minimum Gasteiger partial charge on any atom is -0.497 e. The first-order valence-electron chi connectivity index (χ1n) is 8.85. The highest BCUT2D eigenvalue weighted by atomic mass is 32.1. The van der Waals surface area contributed by atoms with E-state index in [1.807, 2.05) is 31.2 Å². The molecule has 2 N–H and O–H groups in total. The van der Waals surface area contributed by atoms with Crippen LogP contribution in [0.3, 0.4) is 0 Å². The monoisotopic (exact) mass is 384 g/mol. The van der Waals surface area contributed by atoms with E-state index < -0.39 is 0 Å². The third-order valence-electron chi connectivity index (χ3n) is 4.45. The van der Waals surface area contributed by atoms with Gasteiger partial charge in [-0.05, 0) is 50.5 Å². The van der Waals surface area contributed by atoms with Gasteiger partial charge in [0.2, 0.25) is 5.91 Å². The van der Waals surface area contributed by atoms with Crippen molar-refractivity contribution in [3.8, 4) is 5.75 Å². The standard InChI is InChI=1S/C20H24N4O2S/c1-12-13(2)27-20-18(12)19(23-14(3)24-20)22-11-17(25)21-10-9-15-5-7-16(26-4)8-6-15/h5-8H,9-11H2,1-4H3,(H,21,25)(H,22,23,24). The van der Waals surface area contributed by atoms with Crippen LogP contribution in [0.15, 0.2) is 24.3 Å². The zero-order valence-corrected chi connectivity index (χ0v) is 16.9. The average Bonchev–Trinajstić information content (AvgIpc) is 2.94. The Bertz CT molecular complexity index is 951. The molecule has 0 aliphatic rings. The number of hydrogen-bond donors (Lipinski definition) is 2. The summed E-state index contributed by atoms with van der Waals surface area (Å²) in [7, 11) is 1.65. The van der Waals surface area contributed by atoms with Gasteiger partial charge < -0.3 is 15.4 Å². The summed E-state index contributed by atoms with van der Waals surface area (Å²) in [5.74, 6) is 2.20. The number of thiophene rings is 1. The predicted molar refractivity (Wildman–Crippen MR) is 110 cm³/mol. The van der Waals surface area contributed by atoms with Crippen LogP contribution in [0.4, 0.5) is 5.82 Å². The number of anilines is 1. The lowest BCUT2D eigenvalue weighted by Gasteiger charge is -2.09. The molecule has 0 radical (unpaired) electrons. The Kier molecular flexibility index (Phi) is 5.91. The number of aryl methyl sites for hydroxylation is 3. The molecular formula is C20H24N4O2S. The zero-order valence-electron chi connectivity index (χ0n) is 16.0. The number of methoxy groups -OCH3 is 1. The van der Waals surface area contributed by atoms with Gasteiger partial charge in [0.05, 0.1) is 19.0 Å². The van der Waals surface area contributed by atoms with Crippen LogP contribution in [-0.4, -0.2) is 36.1 Å². The zero-order chi connectivity index (χ0) is 19.4. The van der Waals surface area contributed by atoms with Gasteiger partial charge >= 0.3 is 0 Å². The molecule has 1 aromatic carbocycles. The Hall–Kier alpha value is -2.67. The summed E-state index contributed by atoms with van der Waals surface area (Å²) in [5.41, 5.74) is 2.32. The van der Waals surface area contributed by atoms with Crippen molar-refractivity contribution in [2.75, 3.05) is 25.5 Å². The smallest absolute Gasteiger partial charge is 0.239 e. The molecule has 0 saturated heterocycles. The summed E-state index contributed by atoms with van der Waals surface area (Å²) in [6, 6.07) is 7.86. The first-order chi connectivity index (χ1) is 13.0. The van der Waals surface area contributed by atoms with Gasteiger partial charge in [0.1, 0.15) is 22.2 Å². The van der Waals surface area contributed by atoms with Crippen LogP contribution in [-0.2, 0) is 11.2 Å². The maximum atomic E-state index is 12.2. The topological polar surface area (TPSA) is 76.1 Å². The molecule has 0 unspecified atom stereocenters. The van der Waals surface area contributed by atoms with Gasteiger partial charge in [-0.15, -0.1) is 11.3 Å². The van der Waals surface area contributed by atoms with Crippen LogP contribution >= 0.6 is 11.3 Å². The van der Waals surface area contributed by atoms with Crippen LogP contribution in [0.1, 0.15) is 21.8 Å². The number of ether oxygens (including phenoxy) is 1. The van der Waals surface area contributed by atoms with E-state index in [-0.39, 0.29) is 12.5 Å². The van der Waals surface area contributed by atoms with Crippen LogP contribution in [0.5, 0.6) is 5.75 Å². The molecular weight excluding hydrogens is 360 g/mol. The van der Waals surface area contributed by atoms with E-state index >= 15 is 0 Å². The number of rotatable bonds is 7. The minimum atomic E-state index is -0.0578. The second-order valence-corrected chi connectivity index (χ2v) is 7.59. The number of benzene rings is 1. The van der Waals surface area contributed by atoms with Gasteiger partial charge in [0.15, 0.2) is 0 Å². The van der Waals surface area contributed by atoms with E-state index in [0.29, 0.717) is 12.4 Å². The lowest BCUT2D eigenvalue weighted by Crippen LogP contribution is -2.31. The molecule has 0 saturated carbocycles. The van der Waals surface area contributed by atoms with Crippen molar-refractivity contribution in [1.29, 1.82) is 0 Å². The predicted octanol–water partition coefficient (Wildman–Crippen LogP) is 3.40. The minimum absolute atomic E-state index is 0.0578. The molecule has 3 aromatic rings. The molecule has 6 nitrogen and oxygen atoms in total. The average molecular weight is 385 g/mol. The van der Waals surface area contributed by atoms with E-state index in [1.165, 1.54) is 4.88 Å². The summed E-state index contributed by atoms with van der Waals surface area (Å²) in [6.45, 7) is 6.77. The molecule has 0 aliphatic carbocycles. The first kappa shape index (κ1) is 19.1. The molecule has 3 rings (SSSR count). The van der Waals surface area contributed by atoms with E-state index in [9.17, 15) is 4.79 Å². The summed E-state index contributed by atoms with van der Waals surface area (Å²) in [6.07, 6.45) is 0.773. The number of nitrogens with one attached hydrogen (secondary N) is 2. The van der Waals surface area contributed by atoms with Gasteiger partial charge in [-0.25, -0.2) is 9.97 Å². The second kappa shape index (κ2) is 8.35. The number of hydrogen-bond acceptors (Lipinski definition) is 6. The van der Waals surface area contributed by atoms with Crippen LogP contribution in [0.25, 0.3) is 10.2 Å². The van der Waals surface area contributed by atoms with Crippen molar-refractivity contribution in [3.63, 3.8) is 0 Å². The number of carbonyl (C=O) groups is 1. The maximum absolute atomic E-state index is 12.2. The summed E-state index contributed by atoms with van der Waals surface area (Å²) in [4.78, 5) is 23.3. The molecule has 27 heavy (non-hydrogen) atoms. The van der Waals surface area contributed by atoms with Crippen LogP contribution < -0.4 is 15.4 Å². The molecule has 0 aliphatic heterocycles. The highest BCUT2D eigenvalue weighted by Gasteiger charge is 2.14. The van der Waals surface area contributed by atoms with Crippen molar-refractivity contribution in [2.24, 2.45) is 0 Å². The Morgan fingerprint density at radius 2 is 1.89 bits per heavy atom. The highest BCUT2D eigenvalue weighted by molar-refractivity contribution is 7.18. The van der Waals surface area contributed by atoms with Gasteiger partial charge in [-0.3, -0.25) is 4.79 Å². The Morgan fingerprint density at radius 3 is 2.59 bits per heavy atom. The molecule has 2 heterocycles. The number of amides is 1. The second-order valence-electron chi connectivity index (χ2n) is 6.38. The van der Waals surface area contributed by atoms with E-state index in [2.05, 4.69) is 34.4 Å². The molecule has 7 heteroatoms. The number of nitrogens with zero attached hydrogens (tertiary/aromatic N) is 2. The number of aromatic nitrogens is 2. The van der Waals surface area contributed by atoms with Crippen molar-refractivity contribution in [3.05, 3.63) is 46.1 Å². The molecule has 2 aromatic heterocycles. The summed E-state index contributed by atoms with van der Waals surface area (Å²) in [5, 5.41) is 7.12. The van der Waals surface area contributed by atoms with Crippen molar-refractivity contribution in [1.82, 2.24) is 15.3 Å². The largest absolute Gasteiger partial charge is 0.497 e. The number of fused-ring (bicyclic) bond motifs is 1. The van der Waals surface area contributed by atoms with Crippen LogP contribution in [0.2, 0.25) is 0 Å². The first-order valence-corrected chi connectivity index (χ1v) is 9.67. The molecule has 142 valence electrons. The SMILES string of the molecule is COc1ccc(CCNC(=O)CNc2nc(C)nc3sc(C)c(C)c23)cc1. The third kappa shape index (κ3) is 4.54. The van der Waals surface area contributed by atoms with E-state index in [4.69, 9.17) is 4.74 Å². The summed E-state index contributed by atoms with van der Waals surface area (Å²) >= 11 is 1.65. The lowest BCUT2D eigenvalue weighted by molar-refractivity contribution is -0.119. The Morgan fingerprint density at radius 1 is 1.15 bits per heavy atom. The van der Waals surface area contributed by atoms with E-state index in [1.54, 1.807) is 18.4 Å². The molecule has 0 atom stereocenters. The lowest BCUT2D eigenvalue weighted by atomic mass is 10.1. The Balaban J connectivity index is 1.55. The van der Waals surface area contributed by atoms with Crippen molar-refractivity contribution < 1.29 is 9.53 Å².